The molecule has 0 bridgehead atoms. The van der Waals surface area contributed by atoms with Crippen LogP contribution >= 0.6 is 11.9 Å². The summed E-state index contributed by atoms with van der Waals surface area (Å²) in [5.74, 6) is 0. The summed E-state index contributed by atoms with van der Waals surface area (Å²) < 4.78 is 1.31. The summed E-state index contributed by atoms with van der Waals surface area (Å²) in [4.78, 5) is 11.8. The predicted molar refractivity (Wildman–Crippen MR) is 70.2 cm³/mol. The van der Waals surface area contributed by atoms with Crippen LogP contribution in [0.2, 0.25) is 0 Å². The van der Waals surface area contributed by atoms with Crippen molar-refractivity contribution in [3.63, 3.8) is 0 Å². The van der Waals surface area contributed by atoms with Gasteiger partial charge < -0.3 is 5.11 Å². The van der Waals surface area contributed by atoms with Gasteiger partial charge in [0.05, 0.1) is 0 Å². The van der Waals surface area contributed by atoms with E-state index in [1.807, 2.05) is 49.4 Å². The highest BCUT2D eigenvalue weighted by atomic mass is 32.2. The van der Waals surface area contributed by atoms with Crippen molar-refractivity contribution in [1.82, 2.24) is 4.31 Å². The van der Waals surface area contributed by atoms with E-state index in [1.54, 1.807) is 0 Å². The van der Waals surface area contributed by atoms with Crippen LogP contribution in [0.15, 0.2) is 47.4 Å². The number of amides is 1. The molecular weight excluding hydrogens is 234 g/mol. The molecule has 0 spiro atoms. The van der Waals surface area contributed by atoms with Gasteiger partial charge in [0.1, 0.15) is 0 Å². The topological polar surface area (TPSA) is 40.5 Å². The Morgan fingerprint density at radius 2 is 1.94 bits per heavy atom. The Bertz CT molecular complexity index is 542. The summed E-state index contributed by atoms with van der Waals surface area (Å²) in [7, 11) is 0. The number of benzene rings is 2. The van der Waals surface area contributed by atoms with Gasteiger partial charge in [-0.15, -0.1) is 0 Å². The molecule has 1 amide bonds. The van der Waals surface area contributed by atoms with Crippen LogP contribution in [-0.4, -0.2) is 22.0 Å². The average molecular weight is 247 g/mol. The minimum Gasteiger partial charge on any atom is -0.464 e. The second-order valence-electron chi connectivity index (χ2n) is 3.58. The van der Waals surface area contributed by atoms with Crippen molar-refractivity contribution in [2.75, 3.05) is 6.54 Å². The molecule has 88 valence electrons. The average Bonchev–Trinajstić information content (AvgIpc) is 2.35. The molecule has 17 heavy (non-hydrogen) atoms. The lowest BCUT2D eigenvalue weighted by Gasteiger charge is -2.15. The first kappa shape index (κ1) is 11.8. The molecule has 1 N–H and O–H groups in total. The Balaban J connectivity index is 2.27. The molecule has 0 radical (unpaired) electrons. The maximum absolute atomic E-state index is 10.9. The van der Waals surface area contributed by atoms with Gasteiger partial charge in [-0.3, -0.25) is 0 Å². The van der Waals surface area contributed by atoms with Crippen molar-refractivity contribution in [2.24, 2.45) is 0 Å². The van der Waals surface area contributed by atoms with Gasteiger partial charge in [-0.05, 0) is 41.8 Å². The normalized spacial score (nSPS) is 10.4. The fourth-order valence-corrected chi connectivity index (χ4v) is 2.36. The second kappa shape index (κ2) is 5.10. The first-order chi connectivity index (χ1) is 8.20. The molecule has 4 heteroatoms. The number of carbonyl (C=O) groups is 1. The number of nitrogens with zero attached hydrogens (tertiary/aromatic N) is 1. The van der Waals surface area contributed by atoms with Crippen LogP contribution in [0.3, 0.4) is 0 Å². The second-order valence-corrected chi connectivity index (χ2v) is 4.67. The number of carboxylic acid groups (broad SMARTS) is 1. The van der Waals surface area contributed by atoms with E-state index in [4.69, 9.17) is 5.11 Å². The van der Waals surface area contributed by atoms with E-state index in [-0.39, 0.29) is 0 Å². The number of fused-ring (bicyclic) bond motifs is 1. The highest BCUT2D eigenvalue weighted by Crippen LogP contribution is 2.26. The molecule has 0 aliphatic heterocycles. The van der Waals surface area contributed by atoms with Gasteiger partial charge in [-0.2, -0.15) is 0 Å². The van der Waals surface area contributed by atoms with Crippen molar-refractivity contribution >= 4 is 28.8 Å². The first-order valence-corrected chi connectivity index (χ1v) is 6.15. The van der Waals surface area contributed by atoms with Gasteiger partial charge in [-0.1, -0.05) is 30.3 Å². The molecule has 0 unspecified atom stereocenters. The Labute approximate surface area is 104 Å². The molecule has 0 saturated heterocycles. The van der Waals surface area contributed by atoms with Gasteiger partial charge in [0.25, 0.3) is 0 Å². The predicted octanol–water partition coefficient (Wildman–Crippen LogP) is 3.85. The summed E-state index contributed by atoms with van der Waals surface area (Å²) in [6.07, 6.45) is -0.911. The van der Waals surface area contributed by atoms with E-state index in [2.05, 4.69) is 0 Å². The monoisotopic (exact) mass is 247 g/mol. The lowest BCUT2D eigenvalue weighted by atomic mass is 10.1. The van der Waals surface area contributed by atoms with Crippen LogP contribution in [-0.2, 0) is 0 Å². The molecule has 0 saturated carbocycles. The minimum absolute atomic E-state index is 0.465. The molecule has 0 fully saturated rings. The highest BCUT2D eigenvalue weighted by molar-refractivity contribution is 7.97. The third kappa shape index (κ3) is 2.71. The molecule has 0 aromatic heterocycles. The van der Waals surface area contributed by atoms with Crippen molar-refractivity contribution in [3.8, 4) is 0 Å². The summed E-state index contributed by atoms with van der Waals surface area (Å²) in [5, 5.41) is 11.2. The van der Waals surface area contributed by atoms with Gasteiger partial charge in [0, 0.05) is 11.4 Å². The van der Waals surface area contributed by atoms with Crippen LogP contribution in [0.5, 0.6) is 0 Å². The standard InChI is InChI=1S/C13H13NO2S/c1-2-14(13(15)16)17-12-8-7-10-5-3-4-6-11(10)9-12/h3-9H,2H2,1H3,(H,15,16). The van der Waals surface area contributed by atoms with Crippen molar-refractivity contribution < 1.29 is 9.90 Å². The van der Waals surface area contributed by atoms with E-state index in [0.717, 1.165) is 15.7 Å². The molecule has 0 aliphatic carbocycles. The molecule has 2 aromatic carbocycles. The van der Waals surface area contributed by atoms with Crippen molar-refractivity contribution in [3.05, 3.63) is 42.5 Å². The Morgan fingerprint density at radius 3 is 2.59 bits per heavy atom. The van der Waals surface area contributed by atoms with Crippen LogP contribution in [0.1, 0.15) is 6.92 Å². The van der Waals surface area contributed by atoms with Gasteiger partial charge >= 0.3 is 6.09 Å². The van der Waals surface area contributed by atoms with E-state index >= 15 is 0 Å². The number of hydrogen-bond acceptors (Lipinski definition) is 2. The molecular formula is C13H13NO2S. The zero-order valence-electron chi connectivity index (χ0n) is 9.46. The molecule has 2 aromatic rings. The van der Waals surface area contributed by atoms with E-state index in [0.29, 0.717) is 6.54 Å². The van der Waals surface area contributed by atoms with Crippen molar-refractivity contribution in [2.45, 2.75) is 11.8 Å². The maximum atomic E-state index is 10.9. The van der Waals surface area contributed by atoms with Crippen LogP contribution < -0.4 is 0 Å². The summed E-state index contributed by atoms with van der Waals surface area (Å²) in [6.45, 7) is 2.29. The van der Waals surface area contributed by atoms with Crippen LogP contribution in [0, 0.1) is 0 Å². The van der Waals surface area contributed by atoms with Gasteiger partial charge in [0.15, 0.2) is 0 Å². The van der Waals surface area contributed by atoms with E-state index in [9.17, 15) is 4.79 Å². The zero-order valence-corrected chi connectivity index (χ0v) is 10.3. The SMILES string of the molecule is CCN(Sc1ccc2ccccc2c1)C(=O)O. The Hall–Kier alpha value is -1.68. The highest BCUT2D eigenvalue weighted by Gasteiger charge is 2.10. The van der Waals surface area contributed by atoms with Crippen LogP contribution in [0.4, 0.5) is 4.79 Å². The van der Waals surface area contributed by atoms with E-state index < -0.39 is 6.09 Å². The molecule has 0 heterocycles. The minimum atomic E-state index is -0.911. The fourth-order valence-electron chi connectivity index (χ4n) is 1.59. The number of rotatable bonds is 3. The lowest BCUT2D eigenvalue weighted by Crippen LogP contribution is -2.21. The molecule has 0 aliphatic rings. The van der Waals surface area contributed by atoms with E-state index in [1.165, 1.54) is 16.3 Å². The molecule has 2 rings (SSSR count). The first-order valence-electron chi connectivity index (χ1n) is 5.38. The largest absolute Gasteiger partial charge is 0.464 e. The summed E-state index contributed by atoms with van der Waals surface area (Å²) in [5.41, 5.74) is 0. The Kier molecular flexibility index (Phi) is 3.54. The third-order valence-electron chi connectivity index (χ3n) is 2.44. The number of hydrogen-bond donors (Lipinski definition) is 1. The van der Waals surface area contributed by atoms with Crippen LogP contribution in [0.25, 0.3) is 10.8 Å². The maximum Gasteiger partial charge on any atom is 0.417 e. The third-order valence-corrected chi connectivity index (χ3v) is 3.54. The molecule has 0 atom stereocenters. The fraction of sp³-hybridized carbons (Fsp3) is 0.154. The van der Waals surface area contributed by atoms with Gasteiger partial charge in [0.2, 0.25) is 0 Å². The summed E-state index contributed by atoms with van der Waals surface area (Å²) >= 11 is 1.25. The zero-order chi connectivity index (χ0) is 12.3. The summed E-state index contributed by atoms with van der Waals surface area (Å²) in [6, 6.07) is 14.0. The van der Waals surface area contributed by atoms with Gasteiger partial charge in [-0.25, -0.2) is 9.10 Å². The smallest absolute Gasteiger partial charge is 0.417 e. The molecule has 3 nitrogen and oxygen atoms in total. The lowest BCUT2D eigenvalue weighted by molar-refractivity contribution is 0.176. The Morgan fingerprint density at radius 1 is 1.24 bits per heavy atom. The quantitative estimate of drug-likeness (QED) is 0.837. The van der Waals surface area contributed by atoms with Crippen molar-refractivity contribution in [1.29, 1.82) is 0 Å².